The van der Waals surface area contributed by atoms with E-state index in [0.717, 1.165) is 21.1 Å². The molecule has 0 saturated heterocycles. The van der Waals surface area contributed by atoms with Gasteiger partial charge in [0, 0.05) is 5.56 Å². The van der Waals surface area contributed by atoms with Gasteiger partial charge in [0.1, 0.15) is 4.88 Å². The van der Waals surface area contributed by atoms with Gasteiger partial charge in [0.05, 0.1) is 16.0 Å². The number of aryl methyl sites for hydroxylation is 2. The molecule has 0 aliphatic rings. The number of benzene rings is 1. The van der Waals surface area contributed by atoms with Crippen LogP contribution in [0.2, 0.25) is 0 Å². The summed E-state index contributed by atoms with van der Waals surface area (Å²) >= 11 is 2.92. The number of thioether (sulfide) groups is 1. The van der Waals surface area contributed by atoms with Gasteiger partial charge in [-0.1, -0.05) is 30.0 Å². The van der Waals surface area contributed by atoms with E-state index < -0.39 is 0 Å². The van der Waals surface area contributed by atoms with Crippen molar-refractivity contribution in [3.63, 3.8) is 0 Å². The highest BCUT2D eigenvalue weighted by Crippen LogP contribution is 2.36. The van der Waals surface area contributed by atoms with Crippen LogP contribution in [0, 0.1) is 13.8 Å². The molecule has 0 aliphatic heterocycles. The summed E-state index contributed by atoms with van der Waals surface area (Å²) in [6, 6.07) is 9.66. The minimum Gasteiger partial charge on any atom is -0.419 e. The molecule has 0 amide bonds. The molecule has 1 aromatic carbocycles. The van der Waals surface area contributed by atoms with Crippen LogP contribution in [-0.4, -0.2) is 25.4 Å². The van der Waals surface area contributed by atoms with E-state index in [9.17, 15) is 0 Å². The first-order valence-electron chi connectivity index (χ1n) is 7.93. The fourth-order valence-corrected chi connectivity index (χ4v) is 3.93. The Hall–Kier alpha value is -2.52. The Kier molecular flexibility index (Phi) is 4.56. The summed E-state index contributed by atoms with van der Waals surface area (Å²) < 4.78 is 11.5. The van der Waals surface area contributed by atoms with Crippen LogP contribution in [-0.2, 0) is 0 Å². The van der Waals surface area contributed by atoms with E-state index in [-0.39, 0.29) is 5.25 Å². The molecule has 3 aromatic heterocycles. The van der Waals surface area contributed by atoms with Crippen molar-refractivity contribution >= 4 is 23.1 Å². The maximum atomic E-state index is 5.78. The molecule has 1 atom stereocenters. The first-order chi connectivity index (χ1) is 12.6. The molecule has 1 unspecified atom stereocenters. The van der Waals surface area contributed by atoms with Gasteiger partial charge in [-0.05, 0) is 32.9 Å². The molecule has 7 nitrogen and oxygen atoms in total. The van der Waals surface area contributed by atoms with Crippen LogP contribution in [0.3, 0.4) is 0 Å². The minimum absolute atomic E-state index is 0.113. The molecule has 0 radical (unpaired) electrons. The van der Waals surface area contributed by atoms with E-state index in [1.807, 2.05) is 51.1 Å². The lowest BCUT2D eigenvalue weighted by Gasteiger charge is -2.01. The first-order valence-corrected chi connectivity index (χ1v) is 9.63. The molecule has 0 fully saturated rings. The van der Waals surface area contributed by atoms with Gasteiger partial charge in [0.2, 0.25) is 11.8 Å². The highest BCUT2D eigenvalue weighted by molar-refractivity contribution is 7.99. The second-order valence-corrected chi connectivity index (χ2v) is 8.09. The van der Waals surface area contributed by atoms with E-state index in [0.29, 0.717) is 22.9 Å². The average molecular weight is 385 g/mol. The Morgan fingerprint density at radius 3 is 2.46 bits per heavy atom. The zero-order chi connectivity index (χ0) is 18.1. The number of rotatable bonds is 5. The van der Waals surface area contributed by atoms with Crippen LogP contribution >= 0.6 is 23.1 Å². The molecule has 3 heterocycles. The maximum absolute atomic E-state index is 5.78. The van der Waals surface area contributed by atoms with Crippen molar-refractivity contribution in [3.05, 3.63) is 46.9 Å². The Balaban J connectivity index is 1.50. The third-order valence-corrected chi connectivity index (χ3v) is 5.57. The topological polar surface area (TPSA) is 90.7 Å². The quantitative estimate of drug-likeness (QED) is 0.456. The summed E-state index contributed by atoms with van der Waals surface area (Å²) in [5.74, 6) is 1.49. The molecule has 26 heavy (non-hydrogen) atoms. The highest BCUT2D eigenvalue weighted by Gasteiger charge is 2.21. The number of hydrogen-bond donors (Lipinski definition) is 0. The summed E-state index contributed by atoms with van der Waals surface area (Å²) in [7, 11) is 0. The standard InChI is InChI=1S/C17H15N5O2S2/c1-9-13(26-11(3)18-9)16-21-22-17(24-16)25-10(2)14-19-20-15(23-14)12-7-5-4-6-8-12/h4-8,10H,1-3H3. The van der Waals surface area contributed by atoms with E-state index in [1.165, 1.54) is 23.1 Å². The Morgan fingerprint density at radius 2 is 1.73 bits per heavy atom. The van der Waals surface area contributed by atoms with Gasteiger partial charge < -0.3 is 8.83 Å². The summed E-state index contributed by atoms with van der Waals surface area (Å²) in [4.78, 5) is 5.29. The lowest BCUT2D eigenvalue weighted by Crippen LogP contribution is -1.88. The van der Waals surface area contributed by atoms with Crippen molar-refractivity contribution in [3.8, 4) is 22.2 Å². The first kappa shape index (κ1) is 16.9. The maximum Gasteiger partial charge on any atom is 0.277 e. The van der Waals surface area contributed by atoms with Crippen molar-refractivity contribution < 1.29 is 8.83 Å². The zero-order valence-corrected chi connectivity index (χ0v) is 16.0. The molecule has 0 aliphatic carbocycles. The van der Waals surface area contributed by atoms with Crippen molar-refractivity contribution in [1.29, 1.82) is 0 Å². The Bertz CT molecular complexity index is 1020. The molecule has 4 rings (SSSR count). The smallest absolute Gasteiger partial charge is 0.277 e. The summed E-state index contributed by atoms with van der Waals surface area (Å²) in [6.45, 7) is 5.84. The van der Waals surface area contributed by atoms with E-state index >= 15 is 0 Å². The van der Waals surface area contributed by atoms with Crippen LogP contribution in [0.5, 0.6) is 0 Å². The Labute approximate surface area is 157 Å². The third-order valence-electron chi connectivity index (χ3n) is 3.59. The molecular weight excluding hydrogens is 370 g/mol. The predicted molar refractivity (Wildman–Crippen MR) is 98.9 cm³/mol. The normalized spacial score (nSPS) is 12.4. The van der Waals surface area contributed by atoms with E-state index in [4.69, 9.17) is 8.83 Å². The number of nitrogens with zero attached hydrogens (tertiary/aromatic N) is 5. The van der Waals surface area contributed by atoms with Gasteiger partial charge in [0.25, 0.3) is 11.1 Å². The summed E-state index contributed by atoms with van der Waals surface area (Å²) in [5, 5.41) is 17.8. The number of thiazole rings is 1. The fraction of sp³-hybridized carbons (Fsp3) is 0.235. The van der Waals surface area contributed by atoms with E-state index in [2.05, 4.69) is 25.4 Å². The molecule has 9 heteroatoms. The van der Waals surface area contributed by atoms with Gasteiger partial charge in [-0.25, -0.2) is 4.98 Å². The lowest BCUT2D eigenvalue weighted by molar-refractivity contribution is 0.462. The fourth-order valence-electron chi connectivity index (χ4n) is 2.38. The number of hydrogen-bond acceptors (Lipinski definition) is 9. The second-order valence-electron chi connectivity index (χ2n) is 5.59. The third kappa shape index (κ3) is 3.40. The van der Waals surface area contributed by atoms with Gasteiger partial charge >= 0.3 is 0 Å². The van der Waals surface area contributed by atoms with E-state index in [1.54, 1.807) is 0 Å². The van der Waals surface area contributed by atoms with Crippen molar-refractivity contribution in [2.24, 2.45) is 0 Å². The second kappa shape index (κ2) is 7.00. The molecule has 0 N–H and O–H groups in total. The Morgan fingerprint density at radius 1 is 0.962 bits per heavy atom. The van der Waals surface area contributed by atoms with Crippen LogP contribution < -0.4 is 0 Å². The van der Waals surface area contributed by atoms with Gasteiger partial charge in [-0.2, -0.15) is 0 Å². The minimum atomic E-state index is -0.113. The molecule has 0 bridgehead atoms. The van der Waals surface area contributed by atoms with Gasteiger partial charge in [-0.3, -0.25) is 0 Å². The van der Waals surface area contributed by atoms with Crippen LogP contribution in [0.15, 0.2) is 44.4 Å². The van der Waals surface area contributed by atoms with Crippen LogP contribution in [0.1, 0.15) is 28.8 Å². The summed E-state index contributed by atoms with van der Waals surface area (Å²) in [5.41, 5.74) is 1.78. The largest absolute Gasteiger partial charge is 0.419 e. The zero-order valence-electron chi connectivity index (χ0n) is 14.3. The predicted octanol–water partition coefficient (Wildman–Crippen LogP) is 4.71. The molecule has 0 saturated carbocycles. The van der Waals surface area contributed by atoms with Crippen molar-refractivity contribution in [1.82, 2.24) is 25.4 Å². The monoisotopic (exact) mass is 385 g/mol. The number of aromatic nitrogens is 5. The molecular formula is C17H15N5O2S2. The highest BCUT2D eigenvalue weighted by atomic mass is 32.2. The average Bonchev–Trinajstić information content (AvgIpc) is 3.35. The van der Waals surface area contributed by atoms with Crippen molar-refractivity contribution in [2.75, 3.05) is 0 Å². The van der Waals surface area contributed by atoms with Crippen LogP contribution in [0.25, 0.3) is 22.2 Å². The molecule has 4 aromatic rings. The van der Waals surface area contributed by atoms with Gasteiger partial charge in [-0.15, -0.1) is 31.7 Å². The van der Waals surface area contributed by atoms with Gasteiger partial charge in [0.15, 0.2) is 0 Å². The lowest BCUT2D eigenvalue weighted by atomic mass is 10.2. The molecule has 132 valence electrons. The molecule has 0 spiro atoms. The van der Waals surface area contributed by atoms with Crippen LogP contribution in [0.4, 0.5) is 0 Å². The SMILES string of the molecule is Cc1nc(C)c(-c2nnc(SC(C)c3nnc(-c4ccccc4)o3)o2)s1. The summed E-state index contributed by atoms with van der Waals surface area (Å²) in [6.07, 6.45) is 0. The van der Waals surface area contributed by atoms with Crippen molar-refractivity contribution in [2.45, 2.75) is 31.2 Å².